The predicted molar refractivity (Wildman–Crippen MR) is 87.8 cm³/mol. The van der Waals surface area contributed by atoms with Gasteiger partial charge in [0.1, 0.15) is 11.6 Å². The summed E-state index contributed by atoms with van der Waals surface area (Å²) in [5.74, 6) is 9.97. The van der Waals surface area contributed by atoms with E-state index in [1.54, 1.807) is 0 Å². The van der Waals surface area contributed by atoms with E-state index >= 15 is 0 Å². The van der Waals surface area contributed by atoms with Gasteiger partial charge >= 0.3 is 0 Å². The molecule has 22 heavy (non-hydrogen) atoms. The summed E-state index contributed by atoms with van der Waals surface area (Å²) in [4.78, 5) is 11.2. The summed E-state index contributed by atoms with van der Waals surface area (Å²) >= 11 is 0. The van der Waals surface area contributed by atoms with Gasteiger partial charge in [0.15, 0.2) is 0 Å². The van der Waals surface area contributed by atoms with Gasteiger partial charge in [-0.15, -0.1) is 0 Å². The summed E-state index contributed by atoms with van der Waals surface area (Å²) in [7, 11) is 0. The van der Waals surface area contributed by atoms with Gasteiger partial charge in [-0.1, -0.05) is 31.6 Å². The van der Waals surface area contributed by atoms with E-state index in [0.29, 0.717) is 5.92 Å². The van der Waals surface area contributed by atoms with Gasteiger partial charge in [-0.3, -0.25) is 0 Å². The Morgan fingerprint density at radius 1 is 1.27 bits per heavy atom. The van der Waals surface area contributed by atoms with E-state index in [1.807, 2.05) is 13.1 Å². The van der Waals surface area contributed by atoms with Crippen LogP contribution in [-0.2, 0) is 4.74 Å². The lowest BCUT2D eigenvalue weighted by atomic mass is 9.83. The van der Waals surface area contributed by atoms with E-state index in [-0.39, 0.29) is 0 Å². The predicted octanol–water partition coefficient (Wildman–Crippen LogP) is 2.80. The Hall–Kier alpha value is -1.60. The van der Waals surface area contributed by atoms with Crippen LogP contribution in [0.3, 0.4) is 0 Å². The third-order valence-electron chi connectivity index (χ3n) is 4.55. The standard InChI is InChI=1S/C18H25N3O/c1-14-4-3-5-16(12-14)6-7-17-13-19-15(2)20-18(17)21-8-10-22-11-9-21/h13-14,16H,3-5,8-12H2,1-2H3/t14-,16-/m0/s1. The maximum atomic E-state index is 5.44. The van der Waals surface area contributed by atoms with Gasteiger partial charge in [-0.2, -0.15) is 0 Å². The van der Waals surface area contributed by atoms with Crippen LogP contribution in [0.5, 0.6) is 0 Å². The zero-order valence-electron chi connectivity index (χ0n) is 13.6. The van der Waals surface area contributed by atoms with Crippen LogP contribution in [0, 0.1) is 30.6 Å². The number of rotatable bonds is 1. The molecule has 4 nitrogen and oxygen atoms in total. The molecule has 3 rings (SSSR count). The van der Waals surface area contributed by atoms with Crippen molar-refractivity contribution in [1.29, 1.82) is 0 Å². The second-order valence-corrected chi connectivity index (χ2v) is 6.49. The van der Waals surface area contributed by atoms with Crippen LogP contribution in [0.4, 0.5) is 5.82 Å². The smallest absolute Gasteiger partial charge is 0.148 e. The molecule has 1 saturated heterocycles. The van der Waals surface area contributed by atoms with Crippen molar-refractivity contribution in [3.8, 4) is 11.8 Å². The fourth-order valence-electron chi connectivity index (χ4n) is 3.31. The number of nitrogens with zero attached hydrogens (tertiary/aromatic N) is 3. The average molecular weight is 299 g/mol. The van der Waals surface area contributed by atoms with Gasteiger partial charge in [0.05, 0.1) is 18.8 Å². The second kappa shape index (κ2) is 7.11. The van der Waals surface area contributed by atoms with Crippen molar-refractivity contribution in [2.75, 3.05) is 31.2 Å². The molecule has 2 fully saturated rings. The highest BCUT2D eigenvalue weighted by atomic mass is 16.5. The summed E-state index contributed by atoms with van der Waals surface area (Å²) in [5, 5.41) is 0. The molecular weight excluding hydrogens is 274 g/mol. The van der Waals surface area contributed by atoms with Crippen LogP contribution in [0.2, 0.25) is 0 Å². The molecule has 2 heterocycles. The van der Waals surface area contributed by atoms with E-state index in [0.717, 1.165) is 49.4 Å². The number of aryl methyl sites for hydroxylation is 1. The second-order valence-electron chi connectivity index (χ2n) is 6.49. The molecular formula is C18H25N3O. The molecule has 2 aliphatic rings. The first-order valence-corrected chi connectivity index (χ1v) is 8.40. The number of aromatic nitrogens is 2. The topological polar surface area (TPSA) is 38.2 Å². The van der Waals surface area contributed by atoms with E-state index in [1.165, 1.54) is 25.7 Å². The minimum absolute atomic E-state index is 0.530. The van der Waals surface area contributed by atoms with Crippen molar-refractivity contribution in [2.45, 2.75) is 39.5 Å². The highest BCUT2D eigenvalue weighted by Crippen LogP contribution is 2.28. The number of anilines is 1. The molecule has 0 unspecified atom stereocenters. The highest BCUT2D eigenvalue weighted by molar-refractivity contribution is 5.55. The Kier molecular flexibility index (Phi) is 4.94. The van der Waals surface area contributed by atoms with Crippen molar-refractivity contribution < 1.29 is 4.74 Å². The minimum atomic E-state index is 0.530. The van der Waals surface area contributed by atoms with Crippen LogP contribution in [-0.4, -0.2) is 36.3 Å². The molecule has 0 bridgehead atoms. The monoisotopic (exact) mass is 299 g/mol. The van der Waals surface area contributed by atoms with Gasteiger partial charge in [-0.25, -0.2) is 9.97 Å². The molecule has 1 aliphatic heterocycles. The number of hydrogen-bond acceptors (Lipinski definition) is 4. The molecule has 4 heteroatoms. The highest BCUT2D eigenvalue weighted by Gasteiger charge is 2.18. The molecule has 1 saturated carbocycles. The number of ether oxygens (including phenoxy) is 1. The lowest BCUT2D eigenvalue weighted by molar-refractivity contribution is 0.122. The molecule has 0 aromatic carbocycles. The van der Waals surface area contributed by atoms with Crippen molar-refractivity contribution in [3.05, 3.63) is 17.6 Å². The quantitative estimate of drug-likeness (QED) is 0.747. The SMILES string of the molecule is Cc1ncc(C#C[C@@H]2CCC[C@H](C)C2)c(N2CCOCC2)n1. The maximum Gasteiger partial charge on any atom is 0.148 e. The van der Waals surface area contributed by atoms with Crippen molar-refractivity contribution in [1.82, 2.24) is 9.97 Å². The largest absolute Gasteiger partial charge is 0.378 e. The molecule has 2 atom stereocenters. The summed E-state index contributed by atoms with van der Waals surface area (Å²) in [6.07, 6.45) is 7.00. The summed E-state index contributed by atoms with van der Waals surface area (Å²) < 4.78 is 5.44. The summed E-state index contributed by atoms with van der Waals surface area (Å²) in [6.45, 7) is 7.55. The Morgan fingerprint density at radius 3 is 2.86 bits per heavy atom. The Labute approximate surface area is 133 Å². The van der Waals surface area contributed by atoms with Crippen LogP contribution >= 0.6 is 0 Å². The molecule has 0 amide bonds. The first kappa shape index (κ1) is 15.3. The maximum absolute atomic E-state index is 5.44. The molecule has 1 aliphatic carbocycles. The molecule has 0 spiro atoms. The molecule has 118 valence electrons. The minimum Gasteiger partial charge on any atom is -0.378 e. The zero-order chi connectivity index (χ0) is 15.4. The molecule has 1 aromatic heterocycles. The van der Waals surface area contributed by atoms with Crippen molar-refractivity contribution in [2.24, 2.45) is 11.8 Å². The third kappa shape index (κ3) is 3.78. The van der Waals surface area contributed by atoms with E-state index in [9.17, 15) is 0 Å². The van der Waals surface area contributed by atoms with Gasteiger partial charge in [0.25, 0.3) is 0 Å². The fourth-order valence-corrected chi connectivity index (χ4v) is 3.31. The van der Waals surface area contributed by atoms with Gasteiger partial charge in [0.2, 0.25) is 0 Å². The average Bonchev–Trinajstić information content (AvgIpc) is 2.54. The zero-order valence-corrected chi connectivity index (χ0v) is 13.6. The summed E-state index contributed by atoms with van der Waals surface area (Å²) in [6, 6.07) is 0. The lowest BCUT2D eigenvalue weighted by Gasteiger charge is -2.28. The van der Waals surface area contributed by atoms with Gasteiger partial charge in [0, 0.05) is 25.2 Å². The van der Waals surface area contributed by atoms with E-state index < -0.39 is 0 Å². The van der Waals surface area contributed by atoms with Crippen LogP contribution in [0.1, 0.15) is 44.0 Å². The number of hydrogen-bond donors (Lipinski definition) is 0. The summed E-state index contributed by atoms with van der Waals surface area (Å²) in [5.41, 5.74) is 0.964. The Balaban J connectivity index is 1.81. The normalized spacial score (nSPS) is 25.5. The van der Waals surface area contributed by atoms with Crippen molar-refractivity contribution in [3.63, 3.8) is 0 Å². The molecule has 0 radical (unpaired) electrons. The van der Waals surface area contributed by atoms with Crippen LogP contribution in [0.15, 0.2) is 6.20 Å². The van der Waals surface area contributed by atoms with E-state index in [4.69, 9.17) is 4.74 Å². The molecule has 1 aromatic rings. The van der Waals surface area contributed by atoms with Gasteiger partial charge < -0.3 is 9.64 Å². The third-order valence-corrected chi connectivity index (χ3v) is 4.55. The number of morpholine rings is 1. The van der Waals surface area contributed by atoms with Crippen molar-refractivity contribution >= 4 is 5.82 Å². The Bertz CT molecular complexity index is 569. The first-order chi connectivity index (χ1) is 10.7. The Morgan fingerprint density at radius 2 is 2.09 bits per heavy atom. The van der Waals surface area contributed by atoms with E-state index in [2.05, 4.69) is 33.6 Å². The fraction of sp³-hybridized carbons (Fsp3) is 0.667. The first-order valence-electron chi connectivity index (χ1n) is 8.40. The molecule has 0 N–H and O–H groups in total. The van der Waals surface area contributed by atoms with Crippen LogP contribution in [0.25, 0.3) is 0 Å². The van der Waals surface area contributed by atoms with Crippen LogP contribution < -0.4 is 4.90 Å². The van der Waals surface area contributed by atoms with Gasteiger partial charge in [-0.05, 0) is 25.7 Å². The lowest BCUT2D eigenvalue weighted by Crippen LogP contribution is -2.37.